The van der Waals surface area contributed by atoms with Gasteiger partial charge in [-0.15, -0.1) is 0 Å². The van der Waals surface area contributed by atoms with Gasteiger partial charge < -0.3 is 15.4 Å². The van der Waals surface area contributed by atoms with Gasteiger partial charge in [0.15, 0.2) is 6.10 Å². The Labute approximate surface area is 112 Å². The van der Waals surface area contributed by atoms with Crippen LogP contribution < -0.4 is 10.6 Å². The maximum Gasteiger partial charge on any atom is 0.161 e. The quantitative estimate of drug-likeness (QED) is 0.885. The molecule has 0 aliphatic carbocycles. The molecule has 19 heavy (non-hydrogen) atoms. The van der Waals surface area contributed by atoms with Gasteiger partial charge in [-0.3, -0.25) is 0 Å². The first-order chi connectivity index (χ1) is 9.02. The summed E-state index contributed by atoms with van der Waals surface area (Å²) in [5.74, 6) is -0.249. The molecular weight excluding hydrogens is 245 g/mol. The monoisotopic (exact) mass is 263 g/mol. The number of nitrogens with two attached hydrogens (primary N) is 1. The van der Waals surface area contributed by atoms with E-state index in [9.17, 15) is 4.39 Å². The smallest absolute Gasteiger partial charge is 0.161 e. The zero-order chi connectivity index (χ0) is 14.0. The molecule has 0 aromatic heterocycles. The molecule has 4 nitrogen and oxygen atoms in total. The fraction of sp³-hybridized carbons (Fsp3) is 0.500. The first-order valence-electron chi connectivity index (χ1n) is 6.34. The highest BCUT2D eigenvalue weighted by atomic mass is 19.1. The van der Waals surface area contributed by atoms with Crippen LogP contribution in [0.15, 0.2) is 12.1 Å². The van der Waals surface area contributed by atoms with Crippen molar-refractivity contribution < 1.29 is 9.13 Å². The average Bonchev–Trinajstić information content (AvgIpc) is 2.41. The molecule has 0 saturated carbocycles. The molecule has 1 fully saturated rings. The predicted octanol–water partition coefficient (Wildman–Crippen LogP) is 1.88. The highest BCUT2D eigenvalue weighted by Crippen LogP contribution is 2.29. The topological polar surface area (TPSA) is 62.3 Å². The van der Waals surface area contributed by atoms with E-state index in [2.05, 4.69) is 6.07 Å². The van der Waals surface area contributed by atoms with E-state index in [4.69, 9.17) is 15.7 Å². The summed E-state index contributed by atoms with van der Waals surface area (Å²) in [5.41, 5.74) is 8.17. The Morgan fingerprint density at radius 3 is 2.95 bits per heavy atom. The number of aryl methyl sites for hydroxylation is 1. The molecule has 1 aromatic carbocycles. The molecule has 1 aliphatic heterocycles. The molecule has 1 unspecified atom stereocenters. The number of benzene rings is 1. The molecular formula is C14H18FN3O. The molecule has 2 rings (SSSR count). The lowest BCUT2D eigenvalue weighted by Gasteiger charge is -2.34. The Balaban J connectivity index is 2.38. The van der Waals surface area contributed by atoms with Gasteiger partial charge in [-0.05, 0) is 37.1 Å². The normalized spacial score (nSPS) is 21.0. The van der Waals surface area contributed by atoms with E-state index in [0.29, 0.717) is 25.3 Å². The van der Waals surface area contributed by atoms with Crippen LogP contribution in [0, 0.1) is 24.1 Å². The van der Waals surface area contributed by atoms with Crippen LogP contribution >= 0.6 is 0 Å². The number of rotatable bonds is 2. The van der Waals surface area contributed by atoms with Crippen LogP contribution in [0.1, 0.15) is 24.1 Å². The van der Waals surface area contributed by atoms with Crippen molar-refractivity contribution in [2.45, 2.75) is 26.0 Å². The number of hydrogen-bond donors (Lipinski definition) is 1. The number of ether oxygens (including phenoxy) is 1. The van der Waals surface area contributed by atoms with Crippen molar-refractivity contribution in [3.8, 4) is 6.07 Å². The summed E-state index contributed by atoms with van der Waals surface area (Å²) in [4.78, 5) is 2.04. The Kier molecular flexibility index (Phi) is 4.03. The summed E-state index contributed by atoms with van der Waals surface area (Å²) in [6, 6.07) is 5.14. The van der Waals surface area contributed by atoms with Crippen molar-refractivity contribution in [2.24, 2.45) is 5.73 Å². The minimum Gasteiger partial charge on any atom is -0.365 e. The van der Waals surface area contributed by atoms with Crippen molar-refractivity contribution in [2.75, 3.05) is 24.6 Å². The fourth-order valence-electron chi connectivity index (χ4n) is 2.27. The molecule has 2 N–H and O–H groups in total. The van der Waals surface area contributed by atoms with Crippen molar-refractivity contribution in [3.05, 3.63) is 29.1 Å². The molecule has 2 atom stereocenters. The zero-order valence-corrected chi connectivity index (χ0v) is 11.2. The third kappa shape index (κ3) is 2.86. The molecule has 1 aromatic rings. The standard InChI is InChI=1S/C14H18FN3O/c1-9-5-14(12(10(2)17)6-13(9)15)18-3-4-19-11(7-16)8-18/h5-6,10-11H,3-4,8,17H2,1-2H3/t10-,11?/m0/s1. The molecule has 1 heterocycles. The summed E-state index contributed by atoms with van der Waals surface area (Å²) in [6.45, 7) is 5.22. The molecule has 0 bridgehead atoms. The molecule has 5 heteroatoms. The second-order valence-electron chi connectivity index (χ2n) is 4.88. The van der Waals surface area contributed by atoms with Gasteiger partial charge in [0, 0.05) is 18.3 Å². The van der Waals surface area contributed by atoms with Gasteiger partial charge in [0.1, 0.15) is 5.82 Å². The first-order valence-corrected chi connectivity index (χ1v) is 6.34. The van der Waals surface area contributed by atoms with E-state index < -0.39 is 6.10 Å². The summed E-state index contributed by atoms with van der Waals surface area (Å²) in [6.07, 6.45) is -0.444. The molecule has 1 aliphatic rings. The van der Waals surface area contributed by atoms with E-state index in [1.54, 1.807) is 13.0 Å². The van der Waals surface area contributed by atoms with E-state index in [1.165, 1.54) is 6.07 Å². The largest absolute Gasteiger partial charge is 0.365 e. The van der Waals surface area contributed by atoms with Crippen LogP contribution in [0.25, 0.3) is 0 Å². The Morgan fingerprint density at radius 1 is 1.58 bits per heavy atom. The molecule has 0 amide bonds. The van der Waals surface area contributed by atoms with E-state index >= 15 is 0 Å². The maximum atomic E-state index is 13.7. The van der Waals surface area contributed by atoms with Crippen molar-refractivity contribution in [1.29, 1.82) is 5.26 Å². The molecule has 0 radical (unpaired) electrons. The van der Waals surface area contributed by atoms with Gasteiger partial charge in [0.05, 0.1) is 19.2 Å². The second-order valence-corrected chi connectivity index (χ2v) is 4.88. The highest BCUT2D eigenvalue weighted by Gasteiger charge is 2.23. The van der Waals surface area contributed by atoms with Crippen LogP contribution in [-0.2, 0) is 4.74 Å². The third-order valence-corrected chi connectivity index (χ3v) is 3.35. The number of anilines is 1. The Bertz CT molecular complexity index is 510. The molecule has 0 spiro atoms. The van der Waals surface area contributed by atoms with E-state index in [0.717, 1.165) is 11.3 Å². The minimum atomic E-state index is -0.444. The highest BCUT2D eigenvalue weighted by molar-refractivity contribution is 5.57. The number of nitrogens with zero attached hydrogens (tertiary/aromatic N) is 2. The van der Waals surface area contributed by atoms with Gasteiger partial charge in [0.2, 0.25) is 0 Å². The van der Waals surface area contributed by atoms with Gasteiger partial charge in [-0.1, -0.05) is 0 Å². The van der Waals surface area contributed by atoms with Gasteiger partial charge >= 0.3 is 0 Å². The van der Waals surface area contributed by atoms with Crippen molar-refractivity contribution in [3.63, 3.8) is 0 Å². The summed E-state index contributed by atoms with van der Waals surface area (Å²) in [5, 5.41) is 8.95. The molecule has 1 saturated heterocycles. The Hall–Kier alpha value is -1.64. The predicted molar refractivity (Wildman–Crippen MR) is 71.3 cm³/mol. The minimum absolute atomic E-state index is 0.249. The van der Waals surface area contributed by atoms with Gasteiger partial charge in [-0.2, -0.15) is 5.26 Å². The van der Waals surface area contributed by atoms with Crippen LogP contribution in [0.4, 0.5) is 10.1 Å². The zero-order valence-electron chi connectivity index (χ0n) is 11.2. The summed E-state index contributed by atoms with van der Waals surface area (Å²) < 4.78 is 19.0. The number of hydrogen-bond acceptors (Lipinski definition) is 4. The summed E-state index contributed by atoms with van der Waals surface area (Å²) >= 11 is 0. The van der Waals surface area contributed by atoms with Crippen molar-refractivity contribution in [1.82, 2.24) is 0 Å². The molecule has 102 valence electrons. The van der Waals surface area contributed by atoms with Crippen LogP contribution in [0.3, 0.4) is 0 Å². The van der Waals surface area contributed by atoms with Crippen LogP contribution in [0.5, 0.6) is 0 Å². The lowest BCUT2D eigenvalue weighted by molar-refractivity contribution is 0.0763. The van der Waals surface area contributed by atoms with Gasteiger partial charge in [-0.25, -0.2) is 4.39 Å². The SMILES string of the molecule is Cc1cc(N2CCOC(C#N)C2)c([C@H](C)N)cc1F. The fourth-order valence-corrected chi connectivity index (χ4v) is 2.27. The lowest BCUT2D eigenvalue weighted by atomic mass is 10.0. The number of morpholine rings is 1. The third-order valence-electron chi connectivity index (χ3n) is 3.35. The lowest BCUT2D eigenvalue weighted by Crippen LogP contribution is -2.42. The van der Waals surface area contributed by atoms with Crippen LogP contribution in [-0.4, -0.2) is 25.8 Å². The Morgan fingerprint density at radius 2 is 2.32 bits per heavy atom. The van der Waals surface area contributed by atoms with E-state index in [1.807, 2.05) is 11.8 Å². The number of halogens is 1. The maximum absolute atomic E-state index is 13.7. The van der Waals surface area contributed by atoms with Gasteiger partial charge in [0.25, 0.3) is 0 Å². The first kappa shape index (κ1) is 13.8. The van der Waals surface area contributed by atoms with E-state index in [-0.39, 0.29) is 11.9 Å². The number of nitriles is 1. The van der Waals surface area contributed by atoms with Crippen molar-refractivity contribution >= 4 is 5.69 Å². The average molecular weight is 263 g/mol. The van der Waals surface area contributed by atoms with Crippen LogP contribution in [0.2, 0.25) is 0 Å². The second kappa shape index (κ2) is 5.55. The summed E-state index contributed by atoms with van der Waals surface area (Å²) in [7, 11) is 0.